The second-order valence-electron chi connectivity index (χ2n) is 4.30. The summed E-state index contributed by atoms with van der Waals surface area (Å²) in [6.07, 6.45) is -2.21. The quantitative estimate of drug-likeness (QED) is 0.816. The minimum absolute atomic E-state index is 0.0449. The van der Waals surface area contributed by atoms with Crippen LogP contribution in [0.25, 0.3) is 0 Å². The maximum absolute atomic E-state index is 12.7. The molecule has 102 valence electrons. The van der Waals surface area contributed by atoms with E-state index in [4.69, 9.17) is 5.11 Å². The van der Waals surface area contributed by atoms with Crippen molar-refractivity contribution >= 4 is 12.0 Å². The number of carbonyl (C=O) groups excluding carboxylic acids is 1. The number of rotatable bonds is 2. The summed E-state index contributed by atoms with van der Waals surface area (Å²) in [6, 6.07) is 5.39. The molecule has 1 aliphatic rings. The molecule has 7 heteroatoms. The lowest BCUT2D eigenvalue weighted by molar-refractivity contribution is -0.140. The first-order chi connectivity index (χ1) is 8.97. The van der Waals surface area contributed by atoms with Crippen LogP contribution in [0.4, 0.5) is 9.18 Å². The van der Waals surface area contributed by atoms with E-state index in [1.165, 1.54) is 24.3 Å². The molecular formula is C12H13FN2O4. The van der Waals surface area contributed by atoms with E-state index in [9.17, 15) is 19.1 Å². The van der Waals surface area contributed by atoms with Gasteiger partial charge in [-0.1, -0.05) is 12.1 Å². The van der Waals surface area contributed by atoms with Crippen LogP contribution < -0.4 is 0 Å². The lowest BCUT2D eigenvalue weighted by Gasteiger charge is -2.24. The summed E-state index contributed by atoms with van der Waals surface area (Å²) in [6.45, 7) is -0.170. The van der Waals surface area contributed by atoms with Gasteiger partial charge in [-0.2, -0.15) is 0 Å². The summed E-state index contributed by atoms with van der Waals surface area (Å²) in [7, 11) is 0. The van der Waals surface area contributed by atoms with Crippen LogP contribution in [0.5, 0.6) is 0 Å². The maximum Gasteiger partial charge on any atom is 0.426 e. The highest BCUT2D eigenvalue weighted by Gasteiger charge is 2.35. The Morgan fingerprint density at radius 3 is 2.37 bits per heavy atom. The van der Waals surface area contributed by atoms with E-state index in [0.29, 0.717) is 5.56 Å². The van der Waals surface area contributed by atoms with Crippen molar-refractivity contribution in [3.05, 3.63) is 35.6 Å². The van der Waals surface area contributed by atoms with Gasteiger partial charge < -0.3 is 10.2 Å². The molecule has 1 unspecified atom stereocenters. The Morgan fingerprint density at radius 1 is 1.21 bits per heavy atom. The van der Waals surface area contributed by atoms with Crippen LogP contribution >= 0.6 is 0 Å². The highest BCUT2D eigenvalue weighted by molar-refractivity contribution is 5.81. The summed E-state index contributed by atoms with van der Waals surface area (Å²) >= 11 is 0. The van der Waals surface area contributed by atoms with Gasteiger partial charge in [0.2, 0.25) is 5.91 Å². The Bertz CT molecular complexity index is 491. The zero-order chi connectivity index (χ0) is 14.0. The molecule has 19 heavy (non-hydrogen) atoms. The van der Waals surface area contributed by atoms with Crippen molar-refractivity contribution in [2.45, 2.75) is 12.5 Å². The molecule has 0 aliphatic carbocycles. The van der Waals surface area contributed by atoms with Crippen LogP contribution in [0.2, 0.25) is 0 Å². The lowest BCUT2D eigenvalue weighted by atomic mass is 10.1. The van der Waals surface area contributed by atoms with Crippen molar-refractivity contribution in [2.24, 2.45) is 0 Å². The van der Waals surface area contributed by atoms with E-state index in [1.807, 2.05) is 0 Å². The van der Waals surface area contributed by atoms with E-state index in [-0.39, 0.29) is 19.5 Å². The van der Waals surface area contributed by atoms with E-state index in [0.717, 1.165) is 10.0 Å². The van der Waals surface area contributed by atoms with Crippen molar-refractivity contribution in [3.63, 3.8) is 0 Å². The number of hydrogen-bond acceptors (Lipinski definition) is 3. The van der Waals surface area contributed by atoms with Crippen LogP contribution in [0, 0.1) is 5.82 Å². The van der Waals surface area contributed by atoms with Gasteiger partial charge >= 0.3 is 6.09 Å². The minimum atomic E-state index is -1.29. The van der Waals surface area contributed by atoms with Crippen LogP contribution in [-0.4, -0.2) is 51.4 Å². The van der Waals surface area contributed by atoms with Gasteiger partial charge in [-0.05, 0) is 17.7 Å². The summed E-state index contributed by atoms with van der Waals surface area (Å²) in [5, 5.41) is 20.1. The van der Waals surface area contributed by atoms with Crippen LogP contribution in [-0.2, 0) is 11.2 Å². The number of nitrogens with zero attached hydrogens (tertiary/aromatic N) is 2. The zero-order valence-electron chi connectivity index (χ0n) is 9.99. The van der Waals surface area contributed by atoms with Gasteiger partial charge in [0.1, 0.15) is 5.82 Å². The van der Waals surface area contributed by atoms with Crippen molar-refractivity contribution in [3.8, 4) is 0 Å². The molecule has 1 aromatic carbocycles. The molecule has 0 aromatic heterocycles. The van der Waals surface area contributed by atoms with E-state index in [2.05, 4.69) is 0 Å². The fourth-order valence-electron chi connectivity index (χ4n) is 1.94. The van der Waals surface area contributed by atoms with E-state index >= 15 is 0 Å². The van der Waals surface area contributed by atoms with Crippen LogP contribution in [0.1, 0.15) is 5.56 Å². The third kappa shape index (κ3) is 3.00. The molecule has 2 rings (SSSR count). The monoisotopic (exact) mass is 268 g/mol. The molecule has 6 nitrogen and oxygen atoms in total. The lowest BCUT2D eigenvalue weighted by Crippen LogP contribution is -2.44. The Kier molecular flexibility index (Phi) is 3.66. The molecule has 0 radical (unpaired) electrons. The van der Waals surface area contributed by atoms with E-state index in [1.54, 1.807) is 0 Å². The molecule has 2 N–H and O–H groups in total. The van der Waals surface area contributed by atoms with Gasteiger partial charge in [-0.15, -0.1) is 0 Å². The summed E-state index contributed by atoms with van der Waals surface area (Å²) < 4.78 is 12.7. The summed E-state index contributed by atoms with van der Waals surface area (Å²) in [4.78, 5) is 22.9. The maximum atomic E-state index is 12.7. The minimum Gasteiger partial charge on any atom is -0.464 e. The largest absolute Gasteiger partial charge is 0.464 e. The number of β-amino-alcohol motifs (C(OH)–C–C–N with tert-alkyl or cyclic N) is 1. The number of hydrazine groups is 1. The average molecular weight is 268 g/mol. The smallest absolute Gasteiger partial charge is 0.426 e. The predicted octanol–water partition coefficient (Wildman–Crippen LogP) is 0.466. The first-order valence-corrected chi connectivity index (χ1v) is 5.70. The number of benzene rings is 1. The Morgan fingerprint density at radius 2 is 1.79 bits per heavy atom. The van der Waals surface area contributed by atoms with Crippen molar-refractivity contribution in [1.29, 1.82) is 0 Å². The fraction of sp³-hybridized carbons (Fsp3) is 0.333. The highest BCUT2D eigenvalue weighted by atomic mass is 19.1. The van der Waals surface area contributed by atoms with Crippen molar-refractivity contribution in [1.82, 2.24) is 10.0 Å². The molecule has 1 saturated heterocycles. The van der Waals surface area contributed by atoms with Gasteiger partial charge in [0, 0.05) is 0 Å². The molecule has 0 spiro atoms. The van der Waals surface area contributed by atoms with Crippen molar-refractivity contribution in [2.75, 3.05) is 13.1 Å². The topological polar surface area (TPSA) is 81.1 Å². The first kappa shape index (κ1) is 13.3. The molecule has 1 aliphatic heterocycles. The second kappa shape index (κ2) is 5.23. The molecule has 1 heterocycles. The Labute approximate surface area is 108 Å². The van der Waals surface area contributed by atoms with Gasteiger partial charge in [0.05, 0.1) is 25.6 Å². The summed E-state index contributed by atoms with van der Waals surface area (Å²) in [5.74, 6) is -0.856. The molecule has 2 amide bonds. The van der Waals surface area contributed by atoms with Gasteiger partial charge in [-0.3, -0.25) is 4.79 Å². The third-order valence-corrected chi connectivity index (χ3v) is 2.84. The number of carbonyl (C=O) groups is 2. The Hall–Kier alpha value is -2.15. The highest BCUT2D eigenvalue weighted by Crippen LogP contribution is 2.14. The number of aliphatic hydroxyl groups excluding tert-OH is 1. The third-order valence-electron chi connectivity index (χ3n) is 2.84. The molecule has 1 atom stereocenters. The molecule has 0 saturated carbocycles. The molecule has 0 bridgehead atoms. The number of amides is 2. The first-order valence-electron chi connectivity index (χ1n) is 5.70. The Balaban J connectivity index is 2.06. The molecule has 1 fully saturated rings. The number of aliphatic hydroxyl groups is 1. The SMILES string of the molecule is O=C(O)N1CC(O)CN1C(=O)Cc1ccc(F)cc1. The zero-order valence-corrected chi connectivity index (χ0v) is 9.99. The average Bonchev–Trinajstić information content (AvgIpc) is 2.74. The number of hydrogen-bond donors (Lipinski definition) is 2. The van der Waals surface area contributed by atoms with Crippen LogP contribution in [0.3, 0.4) is 0 Å². The van der Waals surface area contributed by atoms with Crippen LogP contribution in [0.15, 0.2) is 24.3 Å². The standard InChI is InChI=1S/C12H13FN2O4/c13-9-3-1-8(2-4-9)5-11(17)14-6-10(16)7-15(14)12(18)19/h1-4,10,16H,5-7H2,(H,18,19). The second-order valence-corrected chi connectivity index (χ2v) is 4.30. The van der Waals surface area contributed by atoms with Gasteiger partial charge in [0.25, 0.3) is 0 Å². The van der Waals surface area contributed by atoms with E-state index < -0.39 is 23.9 Å². The number of halogens is 1. The van der Waals surface area contributed by atoms with Crippen molar-refractivity contribution < 1.29 is 24.2 Å². The fourth-order valence-corrected chi connectivity index (χ4v) is 1.94. The predicted molar refractivity (Wildman–Crippen MR) is 62.6 cm³/mol. The molecular weight excluding hydrogens is 255 g/mol. The number of carboxylic acid groups (broad SMARTS) is 1. The normalized spacial score (nSPS) is 18.7. The molecule has 1 aromatic rings. The summed E-state index contributed by atoms with van der Waals surface area (Å²) in [5.41, 5.74) is 0.582. The van der Waals surface area contributed by atoms with Gasteiger partial charge in [-0.25, -0.2) is 19.2 Å². The van der Waals surface area contributed by atoms with Gasteiger partial charge in [0.15, 0.2) is 0 Å².